The molecule has 5 rings (SSSR count). The van der Waals surface area contributed by atoms with Crippen molar-refractivity contribution in [1.29, 1.82) is 0 Å². The average molecular weight is 820 g/mol. The van der Waals surface area contributed by atoms with Crippen molar-refractivity contribution in [2.45, 2.75) is 36.2 Å². The van der Waals surface area contributed by atoms with Crippen molar-refractivity contribution in [3.63, 3.8) is 0 Å². The van der Waals surface area contributed by atoms with Crippen LogP contribution in [0.3, 0.4) is 0 Å². The van der Waals surface area contributed by atoms with Crippen LogP contribution in [0.1, 0.15) is 13.3 Å². The van der Waals surface area contributed by atoms with E-state index in [-0.39, 0.29) is 79.4 Å². The van der Waals surface area contributed by atoms with Gasteiger partial charge in [0.1, 0.15) is 40.0 Å². The van der Waals surface area contributed by atoms with Crippen molar-refractivity contribution < 1.29 is 88.1 Å². The molecular weight excluding hydrogens is 791 g/mol. The fourth-order valence-corrected chi connectivity index (χ4v) is 7.27. The fraction of sp³-hybridized carbons (Fsp3) is 0.400. The van der Waals surface area contributed by atoms with E-state index in [1.165, 1.54) is 28.4 Å². The number of ether oxygens (including phenoxy) is 1. The van der Waals surface area contributed by atoms with Crippen LogP contribution in [0.2, 0.25) is 0 Å². The second kappa shape index (κ2) is 14.4. The van der Waals surface area contributed by atoms with E-state index in [1.54, 1.807) is 24.3 Å². The number of para-hydroxylation sites is 1. The Bertz CT molecular complexity index is 1290. The molecule has 2 fully saturated rings. The van der Waals surface area contributed by atoms with Gasteiger partial charge in [0.25, 0.3) is 11.8 Å². The molecule has 1 aromatic carbocycles. The summed E-state index contributed by atoms with van der Waals surface area (Å²) in [5.41, 5.74) is 6.59. The second-order valence-corrected chi connectivity index (χ2v) is 11.2. The summed E-state index contributed by atoms with van der Waals surface area (Å²) in [7, 11) is 0. The molecule has 4 heterocycles. The number of hydrogen-bond acceptors (Lipinski definition) is 10. The summed E-state index contributed by atoms with van der Waals surface area (Å²) < 4.78 is 5.36. The SMILES string of the molecule is CCC1=C(C(=O)O)N2C(=O)C(NC(=O)COc3ccccc3)C2SC1.NC1C(=O)N2C(C(=O)O)=C(CO)CSC12.[Ac]. The van der Waals surface area contributed by atoms with Gasteiger partial charge >= 0.3 is 11.9 Å². The molecule has 16 heteroatoms. The van der Waals surface area contributed by atoms with Crippen molar-refractivity contribution in [1.82, 2.24) is 15.1 Å². The molecule has 0 spiro atoms. The Balaban J connectivity index is 0.000000248. The molecule has 0 aromatic heterocycles. The number of carbonyl (C=O) groups is 5. The average Bonchev–Trinajstić information content (AvgIpc) is 2.97. The standard InChI is InChI=1S/C17H18N2O5S.C8H10N2O4S.Ac/c1-2-10-9-25-16-13(15(21)19(16)14(10)17(22)23)18-12(20)8-24-11-6-4-3-5-7-11;9-4-6(12)10-5(8(13)14)3(1-11)2-15-7(4)10;/h3-7,13,16H,2,8-9H2,1H3,(H,18,20)(H,22,23);4,7,11H,1-2,9H2,(H,13,14);. The third kappa shape index (κ3) is 6.78. The molecule has 13 nitrogen and oxygen atoms in total. The number of carbonyl (C=O) groups excluding carboxylic acids is 3. The number of rotatable bonds is 8. The number of nitrogens with one attached hydrogen (secondary N) is 1. The van der Waals surface area contributed by atoms with Gasteiger partial charge in [-0.25, -0.2) is 9.59 Å². The van der Waals surface area contributed by atoms with Crippen LogP contribution in [-0.4, -0.2) is 102 Å². The monoisotopic (exact) mass is 819 g/mol. The van der Waals surface area contributed by atoms with Gasteiger partial charge < -0.3 is 31.1 Å². The summed E-state index contributed by atoms with van der Waals surface area (Å²) in [6.07, 6.45) is 0.576. The first kappa shape index (κ1) is 33.4. The molecule has 4 aliphatic rings. The van der Waals surface area contributed by atoms with Crippen LogP contribution in [0.5, 0.6) is 5.75 Å². The maximum absolute atomic E-state index is 12.3. The number of aliphatic carboxylic acids is 2. The van der Waals surface area contributed by atoms with Gasteiger partial charge in [0.15, 0.2) is 6.61 Å². The molecule has 3 amide bonds. The molecule has 2 saturated heterocycles. The van der Waals surface area contributed by atoms with E-state index in [0.717, 1.165) is 10.5 Å². The molecule has 1 radical (unpaired) electrons. The number of nitrogens with two attached hydrogens (primary N) is 1. The second-order valence-electron chi connectivity index (χ2n) is 9.02. The van der Waals surface area contributed by atoms with Crippen molar-refractivity contribution in [2.75, 3.05) is 24.7 Å². The molecule has 4 unspecified atom stereocenters. The van der Waals surface area contributed by atoms with Gasteiger partial charge in [0.05, 0.1) is 6.61 Å². The third-order valence-corrected chi connectivity index (χ3v) is 9.29. The molecule has 0 bridgehead atoms. The summed E-state index contributed by atoms with van der Waals surface area (Å²) in [6.45, 7) is 1.32. The summed E-state index contributed by atoms with van der Waals surface area (Å²) in [4.78, 5) is 60.6. The molecule has 4 atom stereocenters. The maximum Gasteiger partial charge on any atom is 0.352 e. The Kier molecular flexibility index (Phi) is 11.7. The summed E-state index contributed by atoms with van der Waals surface area (Å²) in [5.74, 6) is -1.99. The van der Waals surface area contributed by atoms with E-state index in [1.807, 2.05) is 13.0 Å². The first-order valence-corrected chi connectivity index (χ1v) is 14.3. The summed E-state index contributed by atoms with van der Waals surface area (Å²) in [6, 6.07) is 7.56. The zero-order chi connectivity index (χ0) is 29.1. The quantitative estimate of drug-likeness (QED) is 0.217. The zero-order valence-electron chi connectivity index (χ0n) is 21.9. The maximum atomic E-state index is 12.3. The van der Waals surface area contributed by atoms with Crippen molar-refractivity contribution >= 4 is 53.2 Å². The number of nitrogens with zero attached hydrogens (tertiary/aromatic N) is 2. The fourth-order valence-electron chi connectivity index (χ4n) is 4.54. The normalized spacial score (nSPS) is 24.5. The van der Waals surface area contributed by atoms with Crippen LogP contribution in [0, 0.1) is 44.1 Å². The number of carboxylic acid groups (broad SMARTS) is 2. The molecule has 6 N–H and O–H groups in total. The minimum absolute atomic E-state index is 0. The van der Waals surface area contributed by atoms with Crippen LogP contribution < -0.4 is 15.8 Å². The number of amides is 3. The van der Waals surface area contributed by atoms with Gasteiger partial charge in [-0.15, -0.1) is 23.5 Å². The number of hydrogen-bond donors (Lipinski definition) is 5. The zero-order valence-corrected chi connectivity index (χ0v) is 28.3. The minimum atomic E-state index is -1.19. The Morgan fingerprint density at radius 2 is 1.54 bits per heavy atom. The number of aliphatic hydroxyl groups excluding tert-OH is 1. The number of fused-ring (bicyclic) bond motifs is 2. The molecule has 41 heavy (non-hydrogen) atoms. The Labute approximate surface area is 279 Å². The van der Waals surface area contributed by atoms with Crippen LogP contribution in [-0.2, 0) is 24.0 Å². The molecular formula is C25H28AcN4O9S2. The number of benzene rings is 1. The Morgan fingerprint density at radius 1 is 0.976 bits per heavy atom. The van der Waals surface area contributed by atoms with Gasteiger partial charge in [-0.1, -0.05) is 25.1 Å². The Morgan fingerprint density at radius 3 is 2.12 bits per heavy atom. The smallest absolute Gasteiger partial charge is 0.352 e. The number of β-lactam (4-membered cyclic amide) rings is 2. The van der Waals surface area contributed by atoms with Gasteiger partial charge in [-0.2, -0.15) is 0 Å². The molecule has 4 aliphatic heterocycles. The summed E-state index contributed by atoms with van der Waals surface area (Å²) in [5, 5.41) is 29.3. The van der Waals surface area contributed by atoms with Gasteiger partial charge in [0.2, 0.25) is 5.91 Å². The number of carboxylic acids is 2. The number of aliphatic hydroxyl groups is 1. The predicted molar refractivity (Wildman–Crippen MR) is 145 cm³/mol. The van der Waals surface area contributed by atoms with E-state index in [0.29, 0.717) is 29.2 Å². The largest absolute Gasteiger partial charge is 0.484 e. The van der Waals surface area contributed by atoms with Crippen LogP contribution in [0.15, 0.2) is 52.9 Å². The van der Waals surface area contributed by atoms with Crippen LogP contribution in [0.4, 0.5) is 0 Å². The molecule has 217 valence electrons. The van der Waals surface area contributed by atoms with E-state index in [2.05, 4.69) is 5.32 Å². The van der Waals surface area contributed by atoms with Crippen molar-refractivity contribution in [3.05, 3.63) is 52.9 Å². The van der Waals surface area contributed by atoms with E-state index >= 15 is 0 Å². The molecule has 0 aliphatic carbocycles. The first-order valence-electron chi connectivity index (χ1n) is 12.2. The van der Waals surface area contributed by atoms with E-state index in [4.69, 9.17) is 20.7 Å². The molecule has 0 saturated carbocycles. The van der Waals surface area contributed by atoms with E-state index in [9.17, 15) is 29.1 Å². The van der Waals surface area contributed by atoms with Gasteiger partial charge in [-0.3, -0.25) is 24.2 Å². The van der Waals surface area contributed by atoms with Crippen LogP contribution in [0.25, 0.3) is 0 Å². The number of thioether (sulfide) groups is 2. The summed E-state index contributed by atoms with van der Waals surface area (Å²) >= 11 is 2.84. The first-order chi connectivity index (χ1) is 19.1. The molecule has 1 aromatic rings. The van der Waals surface area contributed by atoms with Crippen molar-refractivity contribution in [3.8, 4) is 5.75 Å². The topological polar surface area (TPSA) is 200 Å². The van der Waals surface area contributed by atoms with Crippen molar-refractivity contribution in [2.24, 2.45) is 5.73 Å². The Hall–Kier alpha value is -2.09. The van der Waals surface area contributed by atoms with Gasteiger partial charge in [-0.05, 0) is 29.7 Å². The minimum Gasteiger partial charge on any atom is -0.484 e. The van der Waals surface area contributed by atoms with E-state index < -0.39 is 41.7 Å². The van der Waals surface area contributed by atoms with Gasteiger partial charge in [0, 0.05) is 55.6 Å². The third-order valence-electron chi connectivity index (χ3n) is 6.59. The van der Waals surface area contributed by atoms with Crippen LogP contribution >= 0.6 is 23.5 Å². The predicted octanol–water partition coefficient (Wildman–Crippen LogP) is -0.226.